The average molecular weight is 265 g/mol. The van der Waals surface area contributed by atoms with Crippen molar-refractivity contribution < 1.29 is 1.43 Å². The number of H-pyrrole nitrogens is 1. The van der Waals surface area contributed by atoms with E-state index in [1.807, 2.05) is 0 Å². The van der Waals surface area contributed by atoms with E-state index in [0.717, 1.165) is 0 Å². The molecule has 18 heavy (non-hydrogen) atoms. The summed E-state index contributed by atoms with van der Waals surface area (Å²) in [4.78, 5) is 3.52. The third kappa shape index (κ3) is 2.92. The lowest BCUT2D eigenvalue weighted by Gasteiger charge is -2.15. The fraction of sp³-hybridized carbons (Fsp3) is 0.500. The first-order chi connectivity index (χ1) is 7.91. The van der Waals surface area contributed by atoms with Crippen molar-refractivity contribution in [3.63, 3.8) is 0 Å². The van der Waals surface area contributed by atoms with Crippen molar-refractivity contribution in [2.45, 2.75) is 52.4 Å². The van der Waals surface area contributed by atoms with Gasteiger partial charge < -0.3 is 4.98 Å². The molecule has 0 saturated heterocycles. The van der Waals surface area contributed by atoms with E-state index in [1.54, 1.807) is 0 Å². The van der Waals surface area contributed by atoms with E-state index < -0.39 is 0 Å². The minimum Gasteiger partial charge on any atom is -0.358 e. The van der Waals surface area contributed by atoms with Gasteiger partial charge in [-0.1, -0.05) is 40.7 Å². The van der Waals surface area contributed by atoms with Gasteiger partial charge in [-0.25, -0.2) is 0 Å². The smallest absolute Gasteiger partial charge is 0.0456 e. The predicted molar refractivity (Wildman–Crippen MR) is 88.2 cm³/mol. The van der Waals surface area contributed by atoms with Gasteiger partial charge in [-0.05, 0) is 41.5 Å². The van der Waals surface area contributed by atoms with E-state index in [-0.39, 0.29) is 20.3 Å². The van der Waals surface area contributed by atoms with Gasteiger partial charge in [-0.2, -0.15) is 13.5 Å². The number of benzene rings is 1. The molecule has 0 fully saturated rings. The Labute approximate surface area is 119 Å². The molecule has 1 unspecified atom stereocenters. The van der Waals surface area contributed by atoms with Crippen LogP contribution in [0.25, 0.3) is 10.9 Å². The van der Waals surface area contributed by atoms with Gasteiger partial charge in [-0.3, -0.25) is 0 Å². The lowest BCUT2D eigenvalue weighted by Crippen LogP contribution is -2.10. The maximum absolute atomic E-state index is 3.52. The number of hydrogen-bond acceptors (Lipinski definition) is 0. The first-order valence-electron chi connectivity index (χ1n) is 6.55. The van der Waals surface area contributed by atoms with Crippen molar-refractivity contribution in [1.29, 1.82) is 0 Å². The number of nitrogens with one attached hydrogen (secondary N) is 1. The van der Waals surface area contributed by atoms with E-state index in [4.69, 9.17) is 0 Å². The Kier molecular flexibility index (Phi) is 4.55. The van der Waals surface area contributed by atoms with Gasteiger partial charge in [0.2, 0.25) is 0 Å². The lowest BCUT2D eigenvalue weighted by molar-refractivity contribution is 0.574. The molecule has 102 valence electrons. The van der Waals surface area contributed by atoms with Crippen LogP contribution < -0.4 is 0 Å². The Morgan fingerprint density at radius 1 is 1.22 bits per heavy atom. The number of rotatable bonds is 2. The van der Waals surface area contributed by atoms with Crippen molar-refractivity contribution in [3.05, 3.63) is 35.5 Å². The summed E-state index contributed by atoms with van der Waals surface area (Å²) in [6.07, 6.45) is 1.20. The predicted octanol–water partition coefficient (Wildman–Crippen LogP) is 5.34. The van der Waals surface area contributed by atoms with Crippen molar-refractivity contribution >= 4 is 24.4 Å². The first kappa shape index (κ1) is 15.2. The molecule has 0 saturated carbocycles. The molecular weight excluding hydrogens is 238 g/mol. The van der Waals surface area contributed by atoms with Crippen molar-refractivity contribution in [1.82, 2.24) is 4.98 Å². The first-order valence-corrected chi connectivity index (χ1v) is 6.55. The third-order valence-corrected chi connectivity index (χ3v) is 3.63. The van der Waals surface area contributed by atoms with Crippen LogP contribution in [-0.2, 0) is 5.41 Å². The summed E-state index contributed by atoms with van der Waals surface area (Å²) in [7, 11) is 0. The Balaban J connectivity index is 0.00000162. The second-order valence-corrected chi connectivity index (χ2v) is 6.09. The summed E-state index contributed by atoms with van der Waals surface area (Å²) >= 11 is 0. The summed E-state index contributed by atoms with van der Waals surface area (Å²) in [5, 5.41) is 1.34. The Hall–Kier alpha value is -0.890. The number of fused-ring (bicyclic) bond motifs is 1. The highest BCUT2D eigenvalue weighted by molar-refractivity contribution is 7.59. The van der Waals surface area contributed by atoms with Gasteiger partial charge in [0.25, 0.3) is 0 Å². The Morgan fingerprint density at radius 3 is 2.44 bits per heavy atom. The zero-order valence-corrected chi connectivity index (χ0v) is 13.1. The van der Waals surface area contributed by atoms with Crippen LogP contribution >= 0.6 is 13.5 Å². The molecule has 1 nitrogen and oxygen atoms in total. The van der Waals surface area contributed by atoms with E-state index in [9.17, 15) is 0 Å². The van der Waals surface area contributed by atoms with Crippen LogP contribution in [0.1, 0.15) is 59.6 Å². The lowest BCUT2D eigenvalue weighted by atomic mass is 9.92. The van der Waals surface area contributed by atoms with Gasteiger partial charge in [0.15, 0.2) is 0 Å². The molecule has 1 atom stereocenters. The van der Waals surface area contributed by atoms with Crippen LogP contribution in [0, 0.1) is 0 Å². The molecule has 1 heterocycles. The topological polar surface area (TPSA) is 15.8 Å². The van der Waals surface area contributed by atoms with Crippen molar-refractivity contribution in [3.8, 4) is 0 Å². The molecule has 1 aromatic carbocycles. The van der Waals surface area contributed by atoms with Crippen molar-refractivity contribution in [2.75, 3.05) is 0 Å². The average Bonchev–Trinajstić information content (AvgIpc) is 2.70. The molecule has 0 radical (unpaired) electrons. The molecule has 0 bridgehead atoms. The quantitative estimate of drug-likeness (QED) is 0.754. The van der Waals surface area contributed by atoms with Crippen LogP contribution in [-0.4, -0.2) is 4.98 Å². The second kappa shape index (κ2) is 5.40. The molecule has 2 heteroatoms. The van der Waals surface area contributed by atoms with Crippen LogP contribution in [0.5, 0.6) is 0 Å². The monoisotopic (exact) mass is 265 g/mol. The van der Waals surface area contributed by atoms with Gasteiger partial charge in [-0.15, -0.1) is 0 Å². The van der Waals surface area contributed by atoms with Crippen LogP contribution in [0.3, 0.4) is 0 Å². The van der Waals surface area contributed by atoms with Crippen LogP contribution in [0.15, 0.2) is 24.3 Å². The van der Waals surface area contributed by atoms with Gasteiger partial charge in [0, 0.05) is 18.1 Å². The fourth-order valence-electron chi connectivity index (χ4n) is 2.10. The number of aromatic nitrogens is 1. The number of aromatic amines is 1. The Morgan fingerprint density at radius 2 is 1.89 bits per heavy atom. The molecule has 0 aliphatic heterocycles. The standard InChI is InChI=1S/C16H23N.H2S.H2/c1-6-11(2)12-7-8-14-13(9-12)10-15(17-14)16(3,4)5;;/h7-11,17H,6H2,1-5H3;1H2;1H. The highest BCUT2D eigenvalue weighted by Gasteiger charge is 2.16. The normalized spacial score (nSPS) is 13.4. The number of hydrogen-bond donors (Lipinski definition) is 1. The minimum atomic E-state index is 0. The molecule has 0 spiro atoms. The zero-order chi connectivity index (χ0) is 12.6. The zero-order valence-electron chi connectivity index (χ0n) is 12.1. The highest BCUT2D eigenvalue weighted by atomic mass is 32.1. The Bertz CT molecular complexity index is 525. The summed E-state index contributed by atoms with van der Waals surface area (Å²) in [5.74, 6) is 0.646. The maximum Gasteiger partial charge on any atom is 0.0456 e. The van der Waals surface area contributed by atoms with Crippen LogP contribution in [0.4, 0.5) is 0 Å². The molecule has 2 aromatic rings. The summed E-state index contributed by atoms with van der Waals surface area (Å²) in [5.41, 5.74) is 4.20. The van der Waals surface area contributed by atoms with E-state index in [0.29, 0.717) is 5.92 Å². The van der Waals surface area contributed by atoms with Crippen molar-refractivity contribution in [2.24, 2.45) is 0 Å². The summed E-state index contributed by atoms with van der Waals surface area (Å²) in [6.45, 7) is 11.3. The molecule has 0 aliphatic carbocycles. The third-order valence-electron chi connectivity index (χ3n) is 3.63. The fourth-order valence-corrected chi connectivity index (χ4v) is 2.10. The summed E-state index contributed by atoms with van der Waals surface area (Å²) in [6, 6.07) is 9.09. The van der Waals surface area contributed by atoms with Gasteiger partial charge >= 0.3 is 0 Å². The largest absolute Gasteiger partial charge is 0.358 e. The van der Waals surface area contributed by atoms with E-state index in [1.165, 1.54) is 28.6 Å². The van der Waals surface area contributed by atoms with E-state index in [2.05, 4.69) is 63.9 Å². The SMILES string of the molecule is CCC(C)c1ccc2[nH]c(C(C)(C)C)cc2c1.S.[HH]. The molecule has 1 N–H and O–H groups in total. The van der Waals surface area contributed by atoms with E-state index >= 15 is 0 Å². The summed E-state index contributed by atoms with van der Waals surface area (Å²) < 4.78 is 0. The maximum atomic E-state index is 3.52. The van der Waals surface area contributed by atoms with Crippen LogP contribution in [0.2, 0.25) is 0 Å². The molecule has 0 aliphatic rings. The molecule has 1 aromatic heterocycles. The minimum absolute atomic E-state index is 0. The second-order valence-electron chi connectivity index (χ2n) is 6.09. The molecular formula is C16H27NS. The molecule has 2 rings (SSSR count). The van der Waals surface area contributed by atoms with Gasteiger partial charge in [0.1, 0.15) is 0 Å². The van der Waals surface area contributed by atoms with Gasteiger partial charge in [0.05, 0.1) is 0 Å². The molecule has 0 amide bonds. The highest BCUT2D eigenvalue weighted by Crippen LogP contribution is 2.28.